The number of hydrogen-bond acceptors (Lipinski definition) is 10. The van der Waals surface area contributed by atoms with Crippen LogP contribution >= 0.6 is 30.8 Å². The van der Waals surface area contributed by atoms with Crippen molar-refractivity contribution in [2.45, 2.75) is 52.1 Å². The molecule has 268 valence electrons. The number of anilines is 1. The second-order valence-electron chi connectivity index (χ2n) is 12.6. The van der Waals surface area contributed by atoms with E-state index < -0.39 is 76.1 Å². The van der Waals surface area contributed by atoms with Gasteiger partial charge in [0, 0.05) is 22.7 Å². The topological polar surface area (TPSA) is 195 Å². The maximum atomic E-state index is 14.6. The Bertz CT molecular complexity index is 1850. The van der Waals surface area contributed by atoms with E-state index in [-0.39, 0.29) is 25.3 Å². The quantitative estimate of drug-likeness (QED) is 0.117. The van der Waals surface area contributed by atoms with Crippen molar-refractivity contribution in [3.63, 3.8) is 0 Å². The molecule has 3 aromatic rings. The molecule has 0 radical (unpaired) electrons. The number of carbonyl (C=O) groups excluding carboxylic acids is 3. The highest BCUT2D eigenvalue weighted by Gasteiger charge is 2.61. The molecule has 0 aliphatic carbocycles. The molecule has 0 saturated heterocycles. The Kier molecular flexibility index (Phi) is 12.2. The van der Waals surface area contributed by atoms with Gasteiger partial charge in [-0.2, -0.15) is 0 Å². The SMILES string of the molecule is CNC(=O)c1cccc2cc(N(C(OCOC(=O)C(C)(C)C)(OCOC(=O)C(C)(C)C)P(=O)(O)O)S(=O)(=O)c3cc(Cl)cc(Cl)c3)ccc12. The number of nitrogens with one attached hydrogen (secondary N) is 1. The van der Waals surface area contributed by atoms with Crippen molar-refractivity contribution in [3.8, 4) is 0 Å². The lowest BCUT2D eigenvalue weighted by atomic mass is 9.98. The van der Waals surface area contributed by atoms with Crippen LogP contribution in [0.15, 0.2) is 59.5 Å². The number of sulfonamides is 1. The Labute approximate surface area is 293 Å². The molecular formula is C31H37Cl2N2O12PS. The van der Waals surface area contributed by atoms with Gasteiger partial charge in [0.15, 0.2) is 13.6 Å². The second kappa shape index (κ2) is 14.9. The molecule has 3 N–H and O–H groups in total. The number of esters is 2. The van der Waals surface area contributed by atoms with Gasteiger partial charge in [-0.05, 0) is 88.7 Å². The smallest absolute Gasteiger partial charge is 0.409 e. The van der Waals surface area contributed by atoms with Crippen molar-refractivity contribution in [2.24, 2.45) is 10.8 Å². The molecule has 0 aliphatic heterocycles. The number of amides is 1. The predicted octanol–water partition coefficient (Wildman–Crippen LogP) is 5.62. The standard InChI is InChI=1S/C31H37Cl2N2O12PS/c1-29(2,3)27(37)44-17-46-31(48(39,40)41,47-18-45-28(38)30(4,5)6)35(49(42,43)23-15-20(32)14-21(33)16-23)22-11-12-24-19(13-22)9-8-10-25(24)26(36)34-7/h8-16H,17-18H2,1-7H3,(H,34,36)(H2,39,40,41). The van der Waals surface area contributed by atoms with E-state index in [0.29, 0.717) is 5.39 Å². The third kappa shape index (κ3) is 9.10. The normalized spacial score (nSPS) is 12.8. The Balaban J connectivity index is 2.41. The van der Waals surface area contributed by atoms with Crippen LogP contribution in [0.25, 0.3) is 10.8 Å². The van der Waals surface area contributed by atoms with Gasteiger partial charge < -0.3 is 24.6 Å². The molecule has 0 bridgehead atoms. The summed E-state index contributed by atoms with van der Waals surface area (Å²) < 4.78 is 64.2. The minimum atomic E-state index is -6.07. The van der Waals surface area contributed by atoms with Crippen molar-refractivity contribution >= 4 is 75.1 Å². The van der Waals surface area contributed by atoms with Crippen LogP contribution in [0, 0.1) is 10.8 Å². The van der Waals surface area contributed by atoms with Crippen molar-refractivity contribution in [2.75, 3.05) is 24.9 Å². The molecule has 3 aromatic carbocycles. The van der Waals surface area contributed by atoms with E-state index in [2.05, 4.69) is 5.32 Å². The molecule has 0 aliphatic rings. The number of rotatable bonds is 12. The van der Waals surface area contributed by atoms with Crippen LogP contribution in [0.4, 0.5) is 5.69 Å². The van der Waals surface area contributed by atoms with Gasteiger partial charge in [-0.15, -0.1) is 0 Å². The number of halogens is 2. The lowest BCUT2D eigenvalue weighted by Crippen LogP contribution is -2.56. The van der Waals surface area contributed by atoms with Crippen molar-refractivity contribution < 1.29 is 56.1 Å². The summed E-state index contributed by atoms with van der Waals surface area (Å²) in [5.74, 6) is -2.22. The zero-order chi connectivity index (χ0) is 37.2. The van der Waals surface area contributed by atoms with Gasteiger partial charge >= 0.3 is 25.2 Å². The van der Waals surface area contributed by atoms with Gasteiger partial charge in [0.25, 0.3) is 15.9 Å². The molecule has 0 unspecified atom stereocenters. The summed E-state index contributed by atoms with van der Waals surface area (Å²) in [7, 11) is -9.89. The zero-order valence-corrected chi connectivity index (χ0v) is 30.9. The monoisotopic (exact) mass is 762 g/mol. The Morgan fingerprint density at radius 2 is 1.35 bits per heavy atom. The number of nitrogens with zero attached hydrogens (tertiary/aromatic N) is 1. The maximum absolute atomic E-state index is 14.6. The molecule has 1 amide bonds. The highest BCUT2D eigenvalue weighted by Crippen LogP contribution is 2.57. The van der Waals surface area contributed by atoms with Gasteiger partial charge in [0.1, 0.15) is 0 Å². The molecule has 0 saturated carbocycles. The Hall–Kier alpha value is -3.27. The van der Waals surface area contributed by atoms with Crippen LogP contribution in [0.2, 0.25) is 10.0 Å². The Morgan fingerprint density at radius 1 is 0.837 bits per heavy atom. The highest BCUT2D eigenvalue weighted by molar-refractivity contribution is 7.93. The van der Waals surface area contributed by atoms with Gasteiger partial charge in [-0.25, -0.2) is 12.7 Å². The van der Waals surface area contributed by atoms with Gasteiger partial charge in [-0.3, -0.25) is 28.4 Å². The van der Waals surface area contributed by atoms with Crippen molar-refractivity contribution in [1.29, 1.82) is 0 Å². The van der Waals surface area contributed by atoms with Gasteiger partial charge in [-0.1, -0.05) is 41.4 Å². The fraction of sp³-hybridized carbons (Fsp3) is 0.387. The molecular weight excluding hydrogens is 726 g/mol. The second-order valence-corrected chi connectivity index (χ2v) is 17.0. The van der Waals surface area contributed by atoms with Crippen molar-refractivity contribution in [3.05, 3.63) is 70.2 Å². The minimum Gasteiger partial charge on any atom is -0.438 e. The molecule has 0 fully saturated rings. The van der Waals surface area contributed by atoms with Crippen LogP contribution < -0.4 is 9.62 Å². The lowest BCUT2D eigenvalue weighted by Gasteiger charge is -2.42. The molecule has 0 atom stereocenters. The van der Waals surface area contributed by atoms with E-state index in [4.69, 9.17) is 42.1 Å². The third-order valence-corrected chi connectivity index (χ3v) is 10.2. The molecule has 18 heteroatoms. The first-order valence-corrected chi connectivity index (χ1v) is 18.2. The van der Waals surface area contributed by atoms with Crippen LogP contribution in [-0.4, -0.2) is 62.3 Å². The highest BCUT2D eigenvalue weighted by atomic mass is 35.5. The molecule has 0 heterocycles. The van der Waals surface area contributed by atoms with E-state index in [1.807, 2.05) is 0 Å². The largest absolute Gasteiger partial charge is 0.438 e. The first kappa shape index (κ1) is 40.2. The first-order chi connectivity index (χ1) is 22.5. The van der Waals surface area contributed by atoms with E-state index in [0.717, 1.165) is 18.2 Å². The first-order valence-electron chi connectivity index (χ1n) is 14.4. The minimum absolute atomic E-state index is 0.116. The summed E-state index contributed by atoms with van der Waals surface area (Å²) in [6, 6.07) is 11.4. The predicted molar refractivity (Wildman–Crippen MR) is 181 cm³/mol. The lowest BCUT2D eigenvalue weighted by molar-refractivity contribution is -0.253. The Morgan fingerprint density at radius 3 is 1.80 bits per heavy atom. The molecule has 14 nitrogen and oxygen atoms in total. The summed E-state index contributed by atoms with van der Waals surface area (Å²) >= 11 is 12.3. The molecule has 0 aromatic heterocycles. The summed E-state index contributed by atoms with van der Waals surface area (Å²) in [5.41, 5.74) is -6.18. The van der Waals surface area contributed by atoms with Crippen LogP contribution in [0.3, 0.4) is 0 Å². The summed E-state index contributed by atoms with van der Waals surface area (Å²) in [4.78, 5) is 59.0. The number of hydrogen-bond donors (Lipinski definition) is 3. The molecule has 49 heavy (non-hydrogen) atoms. The van der Waals surface area contributed by atoms with E-state index in [1.54, 1.807) is 0 Å². The average Bonchev–Trinajstić information content (AvgIpc) is 2.97. The molecule has 0 spiro atoms. The fourth-order valence-corrected chi connectivity index (χ4v) is 7.82. The number of benzene rings is 3. The number of carbonyl (C=O) groups is 3. The van der Waals surface area contributed by atoms with E-state index in [9.17, 15) is 37.2 Å². The average molecular weight is 764 g/mol. The van der Waals surface area contributed by atoms with Crippen molar-refractivity contribution in [1.82, 2.24) is 5.32 Å². The molecule has 3 rings (SSSR count). The summed E-state index contributed by atoms with van der Waals surface area (Å²) in [6.45, 7) is 6.49. The number of fused-ring (bicyclic) bond motifs is 1. The fourth-order valence-electron chi connectivity index (χ4n) is 4.16. The third-order valence-electron chi connectivity index (χ3n) is 6.67. The summed E-state index contributed by atoms with van der Waals surface area (Å²) in [5, 5.41) is 2.79. The van der Waals surface area contributed by atoms with Gasteiger partial charge in [0.2, 0.25) is 0 Å². The number of ether oxygens (including phenoxy) is 4. The van der Waals surface area contributed by atoms with Crippen LogP contribution in [0.5, 0.6) is 0 Å². The summed E-state index contributed by atoms with van der Waals surface area (Å²) in [6.07, 6.45) is 0. The van der Waals surface area contributed by atoms with Crippen LogP contribution in [-0.2, 0) is 43.1 Å². The van der Waals surface area contributed by atoms with Crippen LogP contribution in [0.1, 0.15) is 51.9 Å². The maximum Gasteiger partial charge on any atom is 0.409 e. The van der Waals surface area contributed by atoms with Gasteiger partial charge in [0.05, 0.1) is 21.4 Å². The zero-order valence-electron chi connectivity index (χ0n) is 27.6. The van der Waals surface area contributed by atoms with E-state index in [1.165, 1.54) is 85.0 Å². The van der Waals surface area contributed by atoms with E-state index >= 15 is 0 Å².